The molecule has 1 amide bonds. The molecule has 1 N–H and O–H groups in total. The molecule has 0 saturated heterocycles. The number of fused-ring (bicyclic) bond motifs is 1. The average Bonchev–Trinajstić information content (AvgIpc) is 3.09. The summed E-state index contributed by atoms with van der Waals surface area (Å²) in [5, 5.41) is 3.92. The summed E-state index contributed by atoms with van der Waals surface area (Å²) in [6, 6.07) is 11.2. The normalized spacial score (nSPS) is 11.5. The highest BCUT2D eigenvalue weighted by Gasteiger charge is 2.19. The third kappa shape index (κ3) is 5.28. The van der Waals surface area contributed by atoms with E-state index in [2.05, 4.69) is 20.3 Å². The van der Waals surface area contributed by atoms with Crippen LogP contribution in [0, 0.1) is 6.92 Å². The molecule has 3 aromatic heterocycles. The minimum absolute atomic E-state index is 0.213. The Kier molecular flexibility index (Phi) is 6.43. The highest BCUT2D eigenvalue weighted by atomic mass is 35.5. The van der Waals surface area contributed by atoms with Crippen molar-refractivity contribution in [2.24, 2.45) is 7.05 Å². The van der Waals surface area contributed by atoms with Gasteiger partial charge in [0.05, 0.1) is 5.39 Å². The van der Waals surface area contributed by atoms with Crippen molar-refractivity contribution in [2.45, 2.75) is 39.8 Å². The van der Waals surface area contributed by atoms with Crippen molar-refractivity contribution < 1.29 is 14.3 Å². The molecule has 1 aromatic carbocycles. The maximum Gasteiger partial charge on any atom is 0.407 e. The second-order valence-electron chi connectivity index (χ2n) is 8.91. The van der Waals surface area contributed by atoms with Gasteiger partial charge >= 0.3 is 6.09 Å². The number of nitrogens with one attached hydrogen (secondary N) is 1. The van der Waals surface area contributed by atoms with Crippen LogP contribution in [0.5, 0.6) is 11.6 Å². The maximum absolute atomic E-state index is 12.3. The Hall–Kier alpha value is -3.65. The van der Waals surface area contributed by atoms with Crippen molar-refractivity contribution in [2.75, 3.05) is 0 Å². The summed E-state index contributed by atoms with van der Waals surface area (Å²) in [4.78, 5) is 25.3. The molecule has 4 rings (SSSR count). The summed E-state index contributed by atoms with van der Waals surface area (Å²) in [5.74, 6) is 1.07. The van der Waals surface area contributed by atoms with Crippen molar-refractivity contribution in [3.8, 4) is 22.8 Å². The number of halogens is 1. The molecule has 3 heterocycles. The van der Waals surface area contributed by atoms with Gasteiger partial charge in [-0.3, -0.25) is 0 Å². The van der Waals surface area contributed by atoms with Crippen LogP contribution >= 0.6 is 11.6 Å². The summed E-state index contributed by atoms with van der Waals surface area (Å²) >= 11 is 6.44. The third-order valence-electron chi connectivity index (χ3n) is 4.98. The molecular weight excluding hydrogens is 454 g/mol. The van der Waals surface area contributed by atoms with E-state index in [-0.39, 0.29) is 6.54 Å². The first kappa shape index (κ1) is 23.5. The van der Waals surface area contributed by atoms with Gasteiger partial charge in [0.1, 0.15) is 28.5 Å². The van der Waals surface area contributed by atoms with Gasteiger partial charge in [-0.2, -0.15) is 0 Å². The molecule has 0 fully saturated rings. The second-order valence-corrected chi connectivity index (χ2v) is 9.27. The fourth-order valence-electron chi connectivity index (χ4n) is 3.60. The molecule has 34 heavy (non-hydrogen) atoms. The van der Waals surface area contributed by atoms with Crippen LogP contribution in [0.2, 0.25) is 5.15 Å². The fourth-order valence-corrected chi connectivity index (χ4v) is 3.83. The second kappa shape index (κ2) is 9.30. The van der Waals surface area contributed by atoms with E-state index < -0.39 is 11.7 Å². The van der Waals surface area contributed by atoms with E-state index in [9.17, 15) is 4.79 Å². The van der Waals surface area contributed by atoms with Gasteiger partial charge in [0, 0.05) is 37.1 Å². The lowest BCUT2D eigenvalue weighted by Crippen LogP contribution is -2.32. The van der Waals surface area contributed by atoms with Gasteiger partial charge in [0.15, 0.2) is 0 Å². The zero-order valence-corrected chi connectivity index (χ0v) is 20.5. The topological polar surface area (TPSA) is 91.2 Å². The number of aromatic nitrogens is 4. The highest BCUT2D eigenvalue weighted by Crippen LogP contribution is 2.36. The zero-order valence-electron chi connectivity index (χ0n) is 19.7. The lowest BCUT2D eigenvalue weighted by molar-refractivity contribution is 0.0523. The van der Waals surface area contributed by atoms with E-state index in [0.29, 0.717) is 22.4 Å². The molecule has 0 aliphatic carbocycles. The third-order valence-corrected chi connectivity index (χ3v) is 5.27. The van der Waals surface area contributed by atoms with Crippen LogP contribution < -0.4 is 10.1 Å². The Morgan fingerprint density at radius 1 is 1.15 bits per heavy atom. The Labute approximate surface area is 202 Å². The van der Waals surface area contributed by atoms with Crippen LogP contribution in [-0.4, -0.2) is 31.2 Å². The van der Waals surface area contributed by atoms with Crippen LogP contribution in [0.15, 0.2) is 48.9 Å². The molecule has 0 aliphatic heterocycles. The number of rotatable bonds is 5. The monoisotopic (exact) mass is 479 g/mol. The Bertz CT molecular complexity index is 1360. The minimum Gasteiger partial charge on any atom is -0.444 e. The predicted molar refractivity (Wildman–Crippen MR) is 131 cm³/mol. The number of benzene rings is 1. The molecule has 4 aromatic rings. The Balaban J connectivity index is 1.74. The van der Waals surface area contributed by atoms with E-state index in [4.69, 9.17) is 21.1 Å². The smallest absolute Gasteiger partial charge is 0.407 e. The number of hydrogen-bond donors (Lipinski definition) is 1. The van der Waals surface area contributed by atoms with Crippen molar-refractivity contribution in [3.05, 3.63) is 65.3 Å². The number of aryl methyl sites for hydroxylation is 2. The van der Waals surface area contributed by atoms with Gasteiger partial charge < -0.3 is 19.4 Å². The van der Waals surface area contributed by atoms with E-state index in [1.165, 1.54) is 6.33 Å². The van der Waals surface area contributed by atoms with E-state index in [0.717, 1.165) is 27.8 Å². The van der Waals surface area contributed by atoms with Gasteiger partial charge in [-0.25, -0.2) is 19.7 Å². The van der Waals surface area contributed by atoms with Gasteiger partial charge in [0.2, 0.25) is 5.88 Å². The molecule has 176 valence electrons. The standard InChI is InChI=1S/C25H26ClN5O3/c1-15-7-6-8-20(30-15)33-17-9-10-18(16(11-17)12-27-24(32)34-25(2,3)4)19-13-31(5)23-21(19)22(26)28-14-29-23/h6-11,13-14H,12H2,1-5H3,(H,27,32). The number of hydrogen-bond acceptors (Lipinski definition) is 6. The lowest BCUT2D eigenvalue weighted by Gasteiger charge is -2.20. The Morgan fingerprint density at radius 3 is 2.68 bits per heavy atom. The van der Waals surface area contributed by atoms with E-state index in [1.54, 1.807) is 6.07 Å². The molecule has 0 bridgehead atoms. The zero-order chi connectivity index (χ0) is 24.5. The molecule has 0 saturated carbocycles. The van der Waals surface area contributed by atoms with Gasteiger partial charge in [0.25, 0.3) is 0 Å². The molecule has 9 heteroatoms. The van der Waals surface area contributed by atoms with Gasteiger partial charge in [-0.15, -0.1) is 0 Å². The summed E-state index contributed by atoms with van der Waals surface area (Å²) < 4.78 is 13.3. The number of pyridine rings is 1. The Morgan fingerprint density at radius 2 is 1.94 bits per heavy atom. The number of ether oxygens (including phenoxy) is 2. The number of amides is 1. The van der Waals surface area contributed by atoms with Crippen molar-refractivity contribution in [1.29, 1.82) is 0 Å². The molecule has 0 aliphatic rings. The van der Waals surface area contributed by atoms with Crippen molar-refractivity contribution in [3.63, 3.8) is 0 Å². The van der Waals surface area contributed by atoms with Crippen LogP contribution in [0.4, 0.5) is 4.79 Å². The number of carbonyl (C=O) groups excluding carboxylic acids is 1. The van der Waals surface area contributed by atoms with Crippen LogP contribution in [-0.2, 0) is 18.3 Å². The van der Waals surface area contributed by atoms with E-state index in [1.807, 2.05) is 75.8 Å². The fraction of sp³-hybridized carbons (Fsp3) is 0.280. The molecule has 0 atom stereocenters. The van der Waals surface area contributed by atoms with Crippen LogP contribution in [0.3, 0.4) is 0 Å². The highest BCUT2D eigenvalue weighted by molar-refractivity contribution is 6.35. The maximum atomic E-state index is 12.3. The molecule has 0 radical (unpaired) electrons. The lowest BCUT2D eigenvalue weighted by atomic mass is 9.99. The van der Waals surface area contributed by atoms with Gasteiger partial charge in [-0.1, -0.05) is 23.7 Å². The van der Waals surface area contributed by atoms with E-state index >= 15 is 0 Å². The van der Waals surface area contributed by atoms with Gasteiger partial charge in [-0.05, 0) is 57.0 Å². The first-order chi connectivity index (χ1) is 16.1. The average molecular weight is 480 g/mol. The molecule has 0 spiro atoms. The van der Waals surface area contributed by atoms with Crippen LogP contribution in [0.25, 0.3) is 22.2 Å². The molecule has 0 unspecified atom stereocenters. The first-order valence-electron chi connectivity index (χ1n) is 10.8. The number of alkyl carbamates (subject to hydrolysis) is 1. The summed E-state index contributed by atoms with van der Waals surface area (Å²) in [6.07, 6.45) is 2.87. The quantitative estimate of drug-likeness (QED) is 0.363. The minimum atomic E-state index is -0.602. The first-order valence-corrected chi connectivity index (χ1v) is 11.2. The largest absolute Gasteiger partial charge is 0.444 e. The number of nitrogens with zero attached hydrogens (tertiary/aromatic N) is 4. The summed E-state index contributed by atoms with van der Waals surface area (Å²) in [7, 11) is 1.90. The van der Waals surface area contributed by atoms with Crippen molar-refractivity contribution >= 4 is 28.7 Å². The molecular formula is C25H26ClN5O3. The molecule has 8 nitrogen and oxygen atoms in total. The summed E-state index contributed by atoms with van der Waals surface area (Å²) in [6.45, 7) is 7.57. The predicted octanol–water partition coefficient (Wildman–Crippen LogP) is 5.81. The number of carbonyl (C=O) groups is 1. The van der Waals surface area contributed by atoms with Crippen LogP contribution in [0.1, 0.15) is 32.0 Å². The SMILES string of the molecule is Cc1cccc(Oc2ccc(-c3cn(C)c4ncnc(Cl)c34)c(CNC(=O)OC(C)(C)C)c2)n1. The van der Waals surface area contributed by atoms with Crippen molar-refractivity contribution in [1.82, 2.24) is 24.8 Å². The summed E-state index contributed by atoms with van der Waals surface area (Å²) in [5.41, 5.74) is 3.49.